The molecule has 0 aromatic heterocycles. The number of benzene rings is 2. The second kappa shape index (κ2) is 6.30. The molecule has 2 amide bonds. The molecule has 0 radical (unpaired) electrons. The first-order chi connectivity index (χ1) is 12.5. The number of carbonyl (C=O) groups excluding carboxylic acids is 2. The predicted octanol–water partition coefficient (Wildman–Crippen LogP) is 2.49. The molecule has 2 aromatic carbocycles. The highest BCUT2D eigenvalue weighted by atomic mass is 32.2. The van der Waals surface area contributed by atoms with E-state index in [0.717, 1.165) is 5.56 Å². The number of amides is 2. The minimum atomic E-state index is -0.319. The lowest BCUT2D eigenvalue weighted by Crippen LogP contribution is -2.29. The second-order valence-electron chi connectivity index (χ2n) is 5.87. The van der Waals surface area contributed by atoms with Crippen LogP contribution >= 0.6 is 11.8 Å². The van der Waals surface area contributed by atoms with Crippen LogP contribution in [0.3, 0.4) is 0 Å². The van der Waals surface area contributed by atoms with Crippen LogP contribution < -0.4 is 10.2 Å². The largest absolute Gasteiger partial charge is 0.508 e. The van der Waals surface area contributed by atoms with Gasteiger partial charge in [0.2, 0.25) is 5.91 Å². The van der Waals surface area contributed by atoms with Gasteiger partial charge in [-0.3, -0.25) is 14.5 Å². The molecule has 0 atom stereocenters. The molecule has 0 unspecified atom stereocenters. The molecular weight excluding hydrogens is 352 g/mol. The smallest absolute Gasteiger partial charge is 0.276 e. The van der Waals surface area contributed by atoms with Crippen molar-refractivity contribution in [3.05, 3.63) is 53.6 Å². The first kappa shape index (κ1) is 16.3. The normalized spacial score (nSPS) is 19.3. The summed E-state index contributed by atoms with van der Waals surface area (Å²) in [5.74, 6) is -0.0967. The summed E-state index contributed by atoms with van der Waals surface area (Å²) in [5.41, 5.74) is 3.22. The van der Waals surface area contributed by atoms with Crippen LogP contribution in [0, 0.1) is 6.92 Å². The van der Waals surface area contributed by atoms with Gasteiger partial charge in [0.15, 0.2) is 10.9 Å². The molecule has 0 spiro atoms. The fourth-order valence-corrected chi connectivity index (χ4v) is 3.57. The summed E-state index contributed by atoms with van der Waals surface area (Å²) in [6, 6.07) is 11.9. The molecule has 26 heavy (non-hydrogen) atoms. The summed E-state index contributed by atoms with van der Waals surface area (Å²) < 4.78 is 0. The number of amidine groups is 1. The molecule has 8 heteroatoms. The quantitative estimate of drug-likeness (QED) is 0.799. The number of aryl methyl sites for hydroxylation is 1. The summed E-state index contributed by atoms with van der Waals surface area (Å²) in [6.07, 6.45) is 0. The molecule has 1 fully saturated rings. The topological polar surface area (TPSA) is 94.4 Å². The molecule has 130 valence electrons. The molecule has 0 aliphatic carbocycles. The van der Waals surface area contributed by atoms with E-state index < -0.39 is 0 Å². The van der Waals surface area contributed by atoms with Crippen molar-refractivity contribution in [3.8, 4) is 5.75 Å². The zero-order chi connectivity index (χ0) is 18.3. The van der Waals surface area contributed by atoms with Crippen molar-refractivity contribution in [2.45, 2.75) is 6.92 Å². The van der Waals surface area contributed by atoms with E-state index >= 15 is 0 Å². The average molecular weight is 366 g/mol. The van der Waals surface area contributed by atoms with Crippen molar-refractivity contribution in [1.82, 2.24) is 0 Å². The molecule has 7 nitrogen and oxygen atoms in total. The van der Waals surface area contributed by atoms with Crippen molar-refractivity contribution < 1.29 is 14.7 Å². The van der Waals surface area contributed by atoms with Gasteiger partial charge in [-0.1, -0.05) is 23.4 Å². The number of nitrogens with one attached hydrogen (secondary N) is 1. The summed E-state index contributed by atoms with van der Waals surface area (Å²) in [7, 11) is 0. The molecule has 2 N–H and O–H groups in total. The second-order valence-corrected chi connectivity index (χ2v) is 6.81. The molecule has 2 heterocycles. The van der Waals surface area contributed by atoms with Gasteiger partial charge in [0.05, 0.1) is 17.1 Å². The average Bonchev–Trinajstić information content (AvgIpc) is 3.13. The van der Waals surface area contributed by atoms with E-state index in [0.29, 0.717) is 22.1 Å². The van der Waals surface area contributed by atoms with Crippen LogP contribution in [-0.4, -0.2) is 33.6 Å². The Hall–Kier alpha value is -3.13. The van der Waals surface area contributed by atoms with Gasteiger partial charge in [-0.25, -0.2) is 0 Å². The third-order valence-corrected chi connectivity index (χ3v) is 4.92. The van der Waals surface area contributed by atoms with E-state index in [4.69, 9.17) is 0 Å². The van der Waals surface area contributed by atoms with E-state index in [9.17, 15) is 14.7 Å². The van der Waals surface area contributed by atoms with Crippen LogP contribution in [0.4, 0.5) is 11.4 Å². The number of carbonyl (C=O) groups is 2. The molecule has 1 saturated heterocycles. The molecule has 2 aliphatic heterocycles. The van der Waals surface area contributed by atoms with Gasteiger partial charge in [-0.05, 0) is 43.3 Å². The third kappa shape index (κ3) is 2.84. The van der Waals surface area contributed by atoms with Gasteiger partial charge in [-0.2, -0.15) is 0 Å². The standard InChI is InChI=1S/C18H14N4O3S/c1-10-2-7-14-13(8-10)16(17(25)19-14)20-21-18-22(15(24)9-26-18)11-3-5-12(23)6-4-11/h2-8,23H,9H2,1H3,(H,19,20,25)/b21-18+. The predicted molar refractivity (Wildman–Crippen MR) is 102 cm³/mol. The molecule has 4 rings (SSSR count). The van der Waals surface area contributed by atoms with E-state index in [1.807, 2.05) is 25.1 Å². The van der Waals surface area contributed by atoms with Gasteiger partial charge in [-0.15, -0.1) is 10.2 Å². The van der Waals surface area contributed by atoms with Gasteiger partial charge in [0, 0.05) is 5.56 Å². The third-order valence-electron chi connectivity index (χ3n) is 4.00. The first-order valence-electron chi connectivity index (χ1n) is 7.86. The van der Waals surface area contributed by atoms with Crippen LogP contribution in [0.2, 0.25) is 0 Å². The van der Waals surface area contributed by atoms with Crippen molar-refractivity contribution >= 4 is 45.8 Å². The first-order valence-corrected chi connectivity index (χ1v) is 8.84. The van der Waals surface area contributed by atoms with Crippen LogP contribution in [0.25, 0.3) is 0 Å². The number of aromatic hydroxyl groups is 1. The number of hydrogen-bond acceptors (Lipinski definition) is 6. The maximum atomic E-state index is 12.2. The van der Waals surface area contributed by atoms with Crippen LogP contribution in [0.5, 0.6) is 5.75 Å². The number of phenols is 1. The van der Waals surface area contributed by atoms with Crippen LogP contribution in [-0.2, 0) is 9.59 Å². The minimum absolute atomic E-state index is 0.112. The highest BCUT2D eigenvalue weighted by Crippen LogP contribution is 2.29. The van der Waals surface area contributed by atoms with Crippen molar-refractivity contribution in [1.29, 1.82) is 0 Å². The summed E-state index contributed by atoms with van der Waals surface area (Å²) in [4.78, 5) is 25.8. The number of phenolic OH excluding ortho intramolecular Hbond substituents is 1. The number of thioether (sulfide) groups is 1. The minimum Gasteiger partial charge on any atom is -0.508 e. The van der Waals surface area contributed by atoms with Crippen LogP contribution in [0.15, 0.2) is 52.7 Å². The summed E-state index contributed by atoms with van der Waals surface area (Å²) in [5, 5.41) is 20.9. The van der Waals surface area contributed by atoms with E-state index in [1.165, 1.54) is 28.8 Å². The molecule has 0 saturated carbocycles. The Labute approximate surface area is 153 Å². The fourth-order valence-electron chi connectivity index (χ4n) is 2.75. The highest BCUT2D eigenvalue weighted by molar-refractivity contribution is 8.15. The zero-order valence-electron chi connectivity index (χ0n) is 13.8. The number of nitrogens with zero attached hydrogens (tertiary/aromatic N) is 3. The summed E-state index contributed by atoms with van der Waals surface area (Å²) in [6.45, 7) is 1.94. The number of fused-ring (bicyclic) bond motifs is 1. The van der Waals surface area contributed by atoms with Crippen molar-refractivity contribution in [3.63, 3.8) is 0 Å². The van der Waals surface area contributed by atoms with E-state index in [2.05, 4.69) is 15.5 Å². The lowest BCUT2D eigenvalue weighted by molar-refractivity contribution is -0.115. The van der Waals surface area contributed by atoms with Gasteiger partial charge in [0.25, 0.3) is 5.91 Å². The number of anilines is 2. The van der Waals surface area contributed by atoms with E-state index in [1.54, 1.807) is 12.1 Å². The zero-order valence-corrected chi connectivity index (χ0v) is 14.6. The SMILES string of the molecule is Cc1ccc2c(c1)/C(=N/N=C1/SCC(=O)N1c1ccc(O)cc1)C(=O)N2. The maximum Gasteiger partial charge on any atom is 0.276 e. The van der Waals surface area contributed by atoms with Gasteiger partial charge in [0.1, 0.15) is 5.75 Å². The fraction of sp³-hybridized carbons (Fsp3) is 0.111. The maximum absolute atomic E-state index is 12.2. The Bertz CT molecular complexity index is 982. The lowest BCUT2D eigenvalue weighted by Gasteiger charge is -2.15. The van der Waals surface area contributed by atoms with Crippen molar-refractivity contribution in [2.75, 3.05) is 16.0 Å². The monoisotopic (exact) mass is 366 g/mol. The van der Waals surface area contributed by atoms with Crippen molar-refractivity contribution in [2.24, 2.45) is 10.2 Å². The van der Waals surface area contributed by atoms with Gasteiger partial charge >= 0.3 is 0 Å². The Kier molecular flexibility index (Phi) is 3.96. The van der Waals surface area contributed by atoms with Gasteiger partial charge < -0.3 is 10.4 Å². The highest BCUT2D eigenvalue weighted by Gasteiger charge is 2.31. The molecule has 2 aliphatic rings. The molecule has 0 bridgehead atoms. The lowest BCUT2D eigenvalue weighted by atomic mass is 10.1. The molecular formula is C18H14N4O3S. The molecule has 2 aromatic rings. The Morgan fingerprint density at radius 3 is 2.65 bits per heavy atom. The Morgan fingerprint density at radius 1 is 1.12 bits per heavy atom. The van der Waals surface area contributed by atoms with Crippen LogP contribution in [0.1, 0.15) is 11.1 Å². The Morgan fingerprint density at radius 2 is 1.88 bits per heavy atom. The Balaban J connectivity index is 1.71. The number of rotatable bonds is 2. The number of hydrogen-bond donors (Lipinski definition) is 2. The van der Waals surface area contributed by atoms with E-state index in [-0.39, 0.29) is 29.0 Å². The summed E-state index contributed by atoms with van der Waals surface area (Å²) >= 11 is 1.25.